The lowest BCUT2D eigenvalue weighted by atomic mass is 9.65. The molecule has 3 atom stereocenters. The van der Waals surface area contributed by atoms with Gasteiger partial charge in [0.2, 0.25) is 0 Å². The van der Waals surface area contributed by atoms with Crippen LogP contribution < -0.4 is 0 Å². The topological polar surface area (TPSA) is 74.6 Å². The minimum Gasteiger partial charge on any atom is -0.390 e. The second kappa shape index (κ2) is 4.18. The fourth-order valence-electron chi connectivity index (χ4n) is 4.94. The van der Waals surface area contributed by atoms with Crippen molar-refractivity contribution in [3.63, 3.8) is 0 Å². The smallest absolute Gasteiger partial charge is 0.264 e. The highest BCUT2D eigenvalue weighted by Crippen LogP contribution is 2.55. The van der Waals surface area contributed by atoms with Crippen molar-refractivity contribution in [3.8, 4) is 0 Å². The summed E-state index contributed by atoms with van der Waals surface area (Å²) in [6.45, 7) is 0. The maximum absolute atomic E-state index is 10.9. The highest BCUT2D eigenvalue weighted by Gasteiger charge is 2.51. The van der Waals surface area contributed by atoms with E-state index in [0.717, 1.165) is 19.3 Å². The molecule has 4 aliphatic rings. The van der Waals surface area contributed by atoms with Crippen molar-refractivity contribution >= 4 is 10.1 Å². The summed E-state index contributed by atoms with van der Waals surface area (Å²) in [6, 6.07) is 0. The summed E-state index contributed by atoms with van der Waals surface area (Å²) in [5.74, 6) is 1.80. The maximum atomic E-state index is 10.9. The summed E-state index contributed by atoms with van der Waals surface area (Å²) in [4.78, 5) is 0. The maximum Gasteiger partial charge on any atom is 0.264 e. The zero-order valence-corrected chi connectivity index (χ0v) is 11.4. The van der Waals surface area contributed by atoms with Crippen molar-refractivity contribution in [2.75, 3.05) is 5.75 Å². The van der Waals surface area contributed by atoms with Gasteiger partial charge in [-0.1, -0.05) is 0 Å². The molecule has 3 unspecified atom stereocenters. The van der Waals surface area contributed by atoms with Crippen LogP contribution in [0, 0.1) is 23.7 Å². The first-order chi connectivity index (χ1) is 8.34. The molecule has 5 heteroatoms. The summed E-state index contributed by atoms with van der Waals surface area (Å²) < 4.78 is 30.7. The Bertz CT molecular complexity index is 416. The predicted molar refractivity (Wildman–Crippen MR) is 67.6 cm³/mol. The highest BCUT2D eigenvalue weighted by atomic mass is 32.2. The van der Waals surface area contributed by atoms with Crippen molar-refractivity contribution in [1.29, 1.82) is 0 Å². The number of fused-ring (bicyclic) bond motifs is 1. The molecular weight excluding hydrogens is 252 g/mol. The minimum absolute atomic E-state index is 0.0553. The van der Waals surface area contributed by atoms with Crippen molar-refractivity contribution in [2.45, 2.75) is 50.5 Å². The van der Waals surface area contributed by atoms with E-state index in [1.54, 1.807) is 0 Å². The second-order valence-corrected chi connectivity index (χ2v) is 8.40. The molecule has 0 aromatic carbocycles. The fourth-order valence-corrected chi connectivity index (χ4v) is 5.53. The Kier molecular flexibility index (Phi) is 2.99. The molecule has 0 spiro atoms. The zero-order chi connectivity index (χ0) is 13.0. The van der Waals surface area contributed by atoms with E-state index < -0.39 is 15.7 Å². The van der Waals surface area contributed by atoms with Crippen LogP contribution in [0.25, 0.3) is 0 Å². The van der Waals surface area contributed by atoms with E-state index in [1.165, 1.54) is 19.3 Å². The van der Waals surface area contributed by atoms with Gasteiger partial charge in [-0.05, 0) is 68.6 Å². The van der Waals surface area contributed by atoms with E-state index >= 15 is 0 Å². The largest absolute Gasteiger partial charge is 0.390 e. The monoisotopic (exact) mass is 274 g/mol. The molecule has 0 aromatic rings. The average Bonchev–Trinajstić information content (AvgIpc) is 2.34. The van der Waals surface area contributed by atoms with E-state index in [2.05, 4.69) is 0 Å². The molecule has 18 heavy (non-hydrogen) atoms. The molecule has 0 aromatic heterocycles. The molecule has 4 nitrogen and oxygen atoms in total. The Balaban J connectivity index is 1.78. The van der Waals surface area contributed by atoms with Gasteiger partial charge >= 0.3 is 0 Å². The highest BCUT2D eigenvalue weighted by molar-refractivity contribution is 7.85. The van der Waals surface area contributed by atoms with Gasteiger partial charge in [0.1, 0.15) is 0 Å². The Morgan fingerprint density at radius 3 is 2.11 bits per heavy atom. The molecule has 2 N–H and O–H groups in total. The lowest BCUT2D eigenvalue weighted by molar-refractivity contribution is -0.0747. The van der Waals surface area contributed by atoms with Crippen LogP contribution in [0.1, 0.15) is 44.9 Å². The number of hydrogen-bond donors (Lipinski definition) is 2. The van der Waals surface area contributed by atoms with Gasteiger partial charge < -0.3 is 5.11 Å². The van der Waals surface area contributed by atoms with Gasteiger partial charge in [0.05, 0.1) is 11.4 Å². The molecule has 0 amide bonds. The third kappa shape index (κ3) is 2.45. The second-order valence-electron chi connectivity index (χ2n) is 6.82. The third-order valence-electron chi connectivity index (χ3n) is 5.39. The van der Waals surface area contributed by atoms with Crippen LogP contribution in [0.4, 0.5) is 0 Å². The summed E-state index contributed by atoms with van der Waals surface area (Å²) in [6.07, 6.45) is 6.71. The van der Waals surface area contributed by atoms with Crippen LogP contribution in [0.3, 0.4) is 0 Å². The number of rotatable bonds is 3. The first-order valence-electron chi connectivity index (χ1n) is 7.01. The molecule has 104 valence electrons. The molecule has 0 heterocycles. The Hall–Kier alpha value is -0.130. The zero-order valence-electron chi connectivity index (χ0n) is 10.6. The van der Waals surface area contributed by atoms with Crippen LogP contribution in [0.2, 0.25) is 0 Å². The Morgan fingerprint density at radius 1 is 1.00 bits per heavy atom. The van der Waals surface area contributed by atoms with E-state index in [9.17, 15) is 13.5 Å². The van der Waals surface area contributed by atoms with Crippen molar-refractivity contribution in [2.24, 2.45) is 23.7 Å². The first kappa shape index (κ1) is 12.9. The van der Waals surface area contributed by atoms with Gasteiger partial charge in [0, 0.05) is 0 Å². The van der Waals surface area contributed by atoms with Crippen molar-refractivity contribution < 1.29 is 18.1 Å². The molecule has 4 aliphatic carbocycles. The van der Waals surface area contributed by atoms with E-state index in [1.807, 2.05) is 0 Å². The molecule has 4 saturated carbocycles. The SMILES string of the molecule is O=S(=O)(O)CCC1CC2CC3CC(C2)CC1(O)C3. The van der Waals surface area contributed by atoms with Crippen molar-refractivity contribution in [1.82, 2.24) is 0 Å². The number of aliphatic hydroxyl groups is 1. The quantitative estimate of drug-likeness (QED) is 0.770. The van der Waals surface area contributed by atoms with Crippen LogP contribution in [-0.2, 0) is 10.1 Å². The summed E-state index contributed by atoms with van der Waals surface area (Å²) in [5.41, 5.74) is -0.663. The van der Waals surface area contributed by atoms with Gasteiger partial charge in [-0.3, -0.25) is 4.55 Å². The van der Waals surface area contributed by atoms with Gasteiger partial charge in [-0.2, -0.15) is 8.42 Å². The van der Waals surface area contributed by atoms with Gasteiger partial charge in [-0.25, -0.2) is 0 Å². The Labute approximate surface area is 109 Å². The van der Waals surface area contributed by atoms with Crippen LogP contribution >= 0.6 is 0 Å². The normalized spacial score (nSPS) is 47.2. The predicted octanol–water partition coefficient (Wildman–Crippen LogP) is 1.84. The molecule has 0 aliphatic heterocycles. The molecule has 4 rings (SSSR count). The lowest BCUT2D eigenvalue weighted by Gasteiger charge is -2.44. The van der Waals surface area contributed by atoms with Gasteiger partial charge in [0.25, 0.3) is 10.1 Å². The van der Waals surface area contributed by atoms with Gasteiger partial charge in [-0.15, -0.1) is 0 Å². The Morgan fingerprint density at radius 2 is 1.56 bits per heavy atom. The van der Waals surface area contributed by atoms with E-state index in [0.29, 0.717) is 24.2 Å². The first-order valence-corrected chi connectivity index (χ1v) is 8.62. The fraction of sp³-hybridized carbons (Fsp3) is 1.00. The summed E-state index contributed by atoms with van der Waals surface area (Å²) >= 11 is 0. The standard InChI is InChI=1S/C13H22O4S/c14-13-7-10-3-9(4-11(5-10)8-13)6-12(13)1-2-18(15,16)17/h9-12,14H,1-8H2,(H,15,16,17). The molecular formula is C13H22O4S. The van der Waals surface area contributed by atoms with E-state index in [4.69, 9.17) is 4.55 Å². The lowest BCUT2D eigenvalue weighted by Crippen LogP contribution is -2.44. The van der Waals surface area contributed by atoms with Gasteiger partial charge in [0.15, 0.2) is 0 Å². The van der Waals surface area contributed by atoms with E-state index in [-0.39, 0.29) is 11.7 Å². The number of hydrogen-bond acceptors (Lipinski definition) is 3. The molecule has 0 radical (unpaired) electrons. The van der Waals surface area contributed by atoms with Crippen LogP contribution in [0.5, 0.6) is 0 Å². The van der Waals surface area contributed by atoms with Crippen molar-refractivity contribution in [3.05, 3.63) is 0 Å². The summed E-state index contributed by atoms with van der Waals surface area (Å²) in [5, 5.41) is 10.9. The molecule has 0 saturated heterocycles. The summed E-state index contributed by atoms with van der Waals surface area (Å²) in [7, 11) is -3.90. The van der Waals surface area contributed by atoms with Crippen LogP contribution in [-0.4, -0.2) is 29.4 Å². The van der Waals surface area contributed by atoms with Crippen LogP contribution in [0.15, 0.2) is 0 Å². The average molecular weight is 274 g/mol. The minimum atomic E-state index is -3.90. The third-order valence-corrected chi connectivity index (χ3v) is 6.14. The molecule has 4 fully saturated rings. The molecule has 4 bridgehead atoms.